The summed E-state index contributed by atoms with van der Waals surface area (Å²) in [6.45, 7) is 5.68. The summed E-state index contributed by atoms with van der Waals surface area (Å²) in [5.41, 5.74) is 3.56. The lowest BCUT2D eigenvalue weighted by atomic mass is 10.0. The van der Waals surface area contributed by atoms with Gasteiger partial charge in [0.15, 0.2) is 11.5 Å². The van der Waals surface area contributed by atoms with Gasteiger partial charge in [0.2, 0.25) is 0 Å². The van der Waals surface area contributed by atoms with E-state index in [1.165, 1.54) is 4.90 Å². The van der Waals surface area contributed by atoms with Crippen LogP contribution in [0, 0.1) is 6.92 Å². The lowest BCUT2D eigenvalue weighted by molar-refractivity contribution is -0.138. The van der Waals surface area contributed by atoms with Gasteiger partial charge < -0.3 is 14.2 Å². The molecular weight excluding hydrogens is 382 g/mol. The van der Waals surface area contributed by atoms with E-state index in [2.05, 4.69) is 0 Å². The monoisotopic (exact) mass is 407 g/mol. The van der Waals surface area contributed by atoms with E-state index in [-0.39, 0.29) is 23.7 Å². The number of rotatable bonds is 6. The van der Waals surface area contributed by atoms with Crippen molar-refractivity contribution in [3.8, 4) is 11.5 Å². The van der Waals surface area contributed by atoms with E-state index in [4.69, 9.17) is 14.2 Å². The van der Waals surface area contributed by atoms with Crippen molar-refractivity contribution < 1.29 is 23.8 Å². The van der Waals surface area contributed by atoms with Crippen LogP contribution in [0.4, 0.5) is 5.69 Å². The van der Waals surface area contributed by atoms with Crippen molar-refractivity contribution in [1.29, 1.82) is 0 Å². The normalized spacial score (nSPS) is 15.0. The van der Waals surface area contributed by atoms with Crippen LogP contribution in [0.3, 0.4) is 0 Å². The van der Waals surface area contributed by atoms with Crippen LogP contribution in [0.25, 0.3) is 6.08 Å². The van der Waals surface area contributed by atoms with E-state index in [1.807, 2.05) is 31.2 Å². The number of hydrogen-bond acceptors (Lipinski definition) is 5. The fourth-order valence-corrected chi connectivity index (χ4v) is 3.40. The highest BCUT2D eigenvalue weighted by molar-refractivity contribution is 6.23. The number of nitrogens with zero attached hydrogens (tertiary/aromatic N) is 1. The van der Waals surface area contributed by atoms with Crippen molar-refractivity contribution >= 4 is 23.6 Å². The molecule has 1 heterocycles. The lowest BCUT2D eigenvalue weighted by Gasteiger charge is -2.18. The number of allylic oxidation sites excluding steroid dienone is 1. The van der Waals surface area contributed by atoms with Gasteiger partial charge in [-0.2, -0.15) is 0 Å². The third kappa shape index (κ3) is 3.94. The molecule has 0 unspecified atom stereocenters. The molecule has 1 amide bonds. The zero-order valence-corrected chi connectivity index (χ0v) is 17.8. The fraction of sp³-hybridized carbons (Fsp3) is 0.250. The first kappa shape index (κ1) is 21.2. The highest BCUT2D eigenvalue weighted by atomic mass is 16.5. The first-order valence-corrected chi connectivity index (χ1v) is 9.64. The fourth-order valence-electron chi connectivity index (χ4n) is 3.40. The van der Waals surface area contributed by atoms with Gasteiger partial charge in [-0.15, -0.1) is 0 Å². The minimum atomic E-state index is -0.523. The van der Waals surface area contributed by atoms with Crippen LogP contribution in [0.15, 0.2) is 59.3 Å². The Kier molecular flexibility index (Phi) is 6.26. The summed E-state index contributed by atoms with van der Waals surface area (Å²) in [5, 5.41) is 0. The van der Waals surface area contributed by atoms with Crippen LogP contribution in [0.1, 0.15) is 25.0 Å². The van der Waals surface area contributed by atoms with Gasteiger partial charge >= 0.3 is 5.97 Å². The van der Waals surface area contributed by atoms with Gasteiger partial charge in [0.25, 0.3) is 5.91 Å². The summed E-state index contributed by atoms with van der Waals surface area (Å²) in [7, 11) is 3.10. The first-order chi connectivity index (χ1) is 14.4. The summed E-state index contributed by atoms with van der Waals surface area (Å²) < 4.78 is 15.9. The largest absolute Gasteiger partial charge is 0.493 e. The second-order valence-corrected chi connectivity index (χ2v) is 6.83. The van der Waals surface area contributed by atoms with Gasteiger partial charge in [-0.3, -0.25) is 9.69 Å². The summed E-state index contributed by atoms with van der Waals surface area (Å²) in [5.74, 6) is 0.306. The number of esters is 1. The molecule has 0 fully saturated rings. The lowest BCUT2D eigenvalue weighted by Crippen LogP contribution is -2.24. The molecule has 0 aliphatic carbocycles. The molecule has 1 aliphatic heterocycles. The Balaban J connectivity index is 2.12. The number of carbonyl (C=O) groups is 2. The molecule has 30 heavy (non-hydrogen) atoms. The van der Waals surface area contributed by atoms with Crippen molar-refractivity contribution in [3.63, 3.8) is 0 Å². The predicted octanol–water partition coefficient (Wildman–Crippen LogP) is 4.28. The molecule has 2 aromatic carbocycles. The third-order valence-corrected chi connectivity index (χ3v) is 4.89. The van der Waals surface area contributed by atoms with Gasteiger partial charge in [0.1, 0.15) is 0 Å². The van der Waals surface area contributed by atoms with E-state index in [0.29, 0.717) is 28.4 Å². The van der Waals surface area contributed by atoms with Crippen molar-refractivity contribution in [2.45, 2.75) is 20.8 Å². The molecule has 156 valence electrons. The Morgan fingerprint density at radius 1 is 1.00 bits per heavy atom. The van der Waals surface area contributed by atoms with Crippen LogP contribution < -0.4 is 14.4 Å². The quantitative estimate of drug-likeness (QED) is 0.528. The standard InChI is InChI=1S/C24H25NO5/c1-6-30-24(27)22-16(3)25(18-10-7-15(2)8-11-18)23(26)19(22)13-17-9-12-20(28-4)21(14-17)29-5/h7-14H,6H2,1-5H3/b19-13-. The van der Waals surface area contributed by atoms with E-state index in [9.17, 15) is 9.59 Å². The molecule has 0 radical (unpaired) electrons. The SMILES string of the molecule is CCOC(=O)C1=C(C)N(c2ccc(C)cc2)C(=O)/C1=C\c1ccc(OC)c(OC)c1. The van der Waals surface area contributed by atoms with E-state index >= 15 is 0 Å². The number of aryl methyl sites for hydroxylation is 1. The Hall–Kier alpha value is -3.54. The maximum atomic E-state index is 13.4. The molecule has 2 aromatic rings. The highest BCUT2D eigenvalue weighted by Gasteiger charge is 2.38. The molecule has 0 bridgehead atoms. The van der Waals surface area contributed by atoms with Crippen LogP contribution >= 0.6 is 0 Å². The summed E-state index contributed by atoms with van der Waals surface area (Å²) in [6, 6.07) is 12.9. The van der Waals surface area contributed by atoms with Crippen LogP contribution in [0.2, 0.25) is 0 Å². The van der Waals surface area contributed by atoms with Gasteiger partial charge in [-0.05, 0) is 56.7 Å². The van der Waals surface area contributed by atoms with Crippen molar-refractivity contribution in [3.05, 3.63) is 70.4 Å². The maximum absolute atomic E-state index is 13.4. The minimum Gasteiger partial charge on any atom is -0.493 e. The molecule has 0 saturated carbocycles. The highest BCUT2D eigenvalue weighted by Crippen LogP contribution is 2.36. The molecule has 0 aromatic heterocycles. The Labute approximate surface area is 176 Å². The van der Waals surface area contributed by atoms with Gasteiger partial charge in [-0.25, -0.2) is 4.79 Å². The molecule has 3 rings (SSSR count). The van der Waals surface area contributed by atoms with E-state index < -0.39 is 5.97 Å². The van der Waals surface area contributed by atoms with Gasteiger partial charge in [-0.1, -0.05) is 23.8 Å². The minimum absolute atomic E-state index is 0.220. The molecule has 1 aliphatic rings. The molecule has 6 heteroatoms. The molecule has 0 atom stereocenters. The van der Waals surface area contributed by atoms with Crippen LogP contribution in [-0.4, -0.2) is 32.7 Å². The van der Waals surface area contributed by atoms with Crippen molar-refractivity contribution in [2.24, 2.45) is 0 Å². The Morgan fingerprint density at radius 2 is 1.67 bits per heavy atom. The topological polar surface area (TPSA) is 65.1 Å². The summed E-state index contributed by atoms with van der Waals surface area (Å²) in [4.78, 5) is 27.6. The zero-order valence-electron chi connectivity index (χ0n) is 17.8. The van der Waals surface area contributed by atoms with Crippen molar-refractivity contribution in [1.82, 2.24) is 0 Å². The smallest absolute Gasteiger partial charge is 0.340 e. The molecule has 6 nitrogen and oxygen atoms in total. The number of anilines is 1. The second kappa shape index (κ2) is 8.86. The summed E-state index contributed by atoms with van der Waals surface area (Å²) >= 11 is 0. The molecular formula is C24H25NO5. The average molecular weight is 407 g/mol. The van der Waals surface area contributed by atoms with Gasteiger partial charge in [0, 0.05) is 11.4 Å². The zero-order chi connectivity index (χ0) is 21.8. The number of methoxy groups -OCH3 is 2. The first-order valence-electron chi connectivity index (χ1n) is 9.64. The van der Waals surface area contributed by atoms with E-state index in [1.54, 1.807) is 52.3 Å². The Morgan fingerprint density at radius 3 is 2.27 bits per heavy atom. The number of ether oxygens (including phenoxy) is 3. The predicted molar refractivity (Wildman–Crippen MR) is 116 cm³/mol. The summed E-state index contributed by atoms with van der Waals surface area (Å²) in [6.07, 6.45) is 1.67. The molecule has 0 N–H and O–H groups in total. The van der Waals surface area contributed by atoms with Gasteiger partial charge in [0.05, 0.1) is 32.0 Å². The molecule has 0 spiro atoms. The number of benzene rings is 2. The Bertz CT molecular complexity index is 1030. The number of amides is 1. The van der Waals surface area contributed by atoms with E-state index in [0.717, 1.165) is 5.56 Å². The molecule has 0 saturated heterocycles. The maximum Gasteiger partial charge on any atom is 0.340 e. The third-order valence-electron chi connectivity index (χ3n) is 4.89. The number of carbonyl (C=O) groups excluding carboxylic acids is 2. The second-order valence-electron chi connectivity index (χ2n) is 6.83. The average Bonchev–Trinajstić information content (AvgIpc) is 2.98. The van der Waals surface area contributed by atoms with Crippen LogP contribution in [-0.2, 0) is 14.3 Å². The van der Waals surface area contributed by atoms with Crippen LogP contribution in [0.5, 0.6) is 11.5 Å². The number of hydrogen-bond donors (Lipinski definition) is 0. The van der Waals surface area contributed by atoms with Crippen molar-refractivity contribution in [2.75, 3.05) is 25.7 Å².